The van der Waals surface area contributed by atoms with Crippen LogP contribution in [0.5, 0.6) is 0 Å². The Bertz CT molecular complexity index is 1580. The Morgan fingerprint density at radius 1 is 0.386 bits per heavy atom. The van der Waals surface area contributed by atoms with Gasteiger partial charge >= 0.3 is 0 Å². The van der Waals surface area contributed by atoms with E-state index in [1.54, 1.807) is 0 Å². The predicted octanol–water partition coefficient (Wildman–Crippen LogP) is -10.8. The summed E-state index contributed by atoms with van der Waals surface area (Å²) in [6, 6.07) is -1.98. The van der Waals surface area contributed by atoms with Gasteiger partial charge in [-0.25, -0.2) is 0 Å². The summed E-state index contributed by atoms with van der Waals surface area (Å²) < 4.78 is 67.7. The summed E-state index contributed by atoms with van der Waals surface area (Å²) in [6.07, 6.45) is -51.2. The average Bonchev–Trinajstić information content (AvgIpc) is 3.34. The molecule has 18 unspecified atom stereocenters. The molecule has 0 amide bonds. The summed E-state index contributed by atoms with van der Waals surface area (Å²) in [5, 5.41) is 181. The van der Waals surface area contributed by atoms with Crippen LogP contribution in [0.2, 0.25) is 0 Å². The number of ether oxygens (including phenoxy) is 12. The Hall–Kier alpha value is -0.0184. The second-order valence-electron chi connectivity index (χ2n) is 17.4. The quantitative estimate of drug-likeness (QED) is 0.0567. The fourth-order valence-corrected chi connectivity index (χ4v) is 8.74. The van der Waals surface area contributed by atoms with Crippen molar-refractivity contribution in [2.45, 2.75) is 191 Å². The van der Waals surface area contributed by atoms with Gasteiger partial charge in [0.2, 0.25) is 0 Å². The van der Waals surface area contributed by atoms with E-state index in [-0.39, 0.29) is 50.7 Å². The number of nitrogens with one attached hydrogen (secondary N) is 1. The van der Waals surface area contributed by atoms with Crippen molar-refractivity contribution in [1.82, 2.24) is 0 Å². The summed E-state index contributed by atoms with van der Waals surface area (Å²) in [6.45, 7) is 0.0177. The number of hydrogen-bond donors (Lipinski definition) is 17. The van der Waals surface area contributed by atoms with Crippen LogP contribution >= 0.6 is 0 Å². The van der Waals surface area contributed by atoms with Crippen LogP contribution in [0.15, 0.2) is 12.7 Å². The summed E-state index contributed by atoms with van der Waals surface area (Å²) in [5.74, 6) is 0. The molecule has 0 aliphatic carbocycles. The van der Waals surface area contributed by atoms with E-state index in [0.717, 1.165) is 0 Å². The van der Waals surface area contributed by atoms with E-state index in [1.807, 2.05) is 0 Å². The van der Waals surface area contributed by atoms with Crippen LogP contribution in [-0.2, 0) is 56.8 Å². The van der Waals surface area contributed by atoms with Crippen molar-refractivity contribution in [2.24, 2.45) is 0 Å². The van der Waals surface area contributed by atoms with Crippen LogP contribution in [0.1, 0.15) is 6.92 Å². The predicted molar refractivity (Wildman–Crippen MR) is 214 cm³/mol. The maximum Gasteiger partial charge on any atom is 0.187 e. The zero-order valence-corrected chi connectivity index (χ0v) is 42.2. The normalized spacial score (nSPS) is 51.4. The number of aliphatic hydroxyl groups is 17. The van der Waals surface area contributed by atoms with E-state index in [0.29, 0.717) is 0 Å². The minimum absolute atomic E-state index is 0. The Morgan fingerprint density at radius 2 is 0.757 bits per heavy atom. The molecule has 30 atom stereocenters. The van der Waals surface area contributed by atoms with E-state index in [1.165, 1.54) is 13.0 Å². The van der Waals surface area contributed by atoms with Gasteiger partial charge in [-0.1, -0.05) is 12.1 Å². The maximum atomic E-state index is 11.6. The second-order valence-corrected chi connectivity index (χ2v) is 17.4. The van der Waals surface area contributed by atoms with E-state index in [4.69, 9.17) is 62.6 Å². The van der Waals surface area contributed by atoms with Crippen molar-refractivity contribution in [2.75, 3.05) is 39.6 Å². The van der Waals surface area contributed by atoms with Crippen LogP contribution < -0.4 is 0 Å². The van der Waals surface area contributed by atoms with Gasteiger partial charge in [-0.3, -0.25) is 0 Å². The minimum atomic E-state index is -2.17. The molecule has 6 aliphatic heterocycles. The van der Waals surface area contributed by atoms with Crippen LogP contribution in [0, 0.1) is 44.1 Å². The molecule has 31 heteroatoms. The summed E-state index contributed by atoms with van der Waals surface area (Å²) in [5.41, 5.74) is 9.06. The smallest absolute Gasteiger partial charge is 0.187 e. The van der Waals surface area contributed by atoms with Gasteiger partial charge in [-0.2, -0.15) is 0 Å². The third-order valence-electron chi connectivity index (χ3n) is 12.8. The Morgan fingerprint density at radius 3 is 1.30 bits per heavy atom. The topological polar surface area (TPSA) is 478 Å². The first kappa shape index (κ1) is 60.8. The van der Waals surface area contributed by atoms with Gasteiger partial charge in [0.15, 0.2) is 31.5 Å². The molecule has 0 saturated carbocycles. The molecule has 6 rings (SSSR count). The molecule has 6 heterocycles. The van der Waals surface area contributed by atoms with E-state index in [2.05, 4.69) is 6.58 Å². The molecule has 1 radical (unpaired) electrons. The fraction of sp³-hybridized carbons (Fsp3) is 0.949. The summed E-state index contributed by atoms with van der Waals surface area (Å²) in [7, 11) is 0. The SMILES string of the molecule is C=CCO[C@@H]1OC(CO)[C@H](O[C@@H]2OC(CO)[C@H](O[C@@H]3OC(CO)[C@H](O)C(O[C@@H]4OC(CO)[C@H](O)C(O[C@@H]5OC(CO)[C@H](O)C(O)C5O[C@@H]5OC(C)[C@H](O)C(O)C5O)C4[NH-])C3O)C(O)C2O)C(O)C1O.[Ac]. The summed E-state index contributed by atoms with van der Waals surface area (Å²) >= 11 is 0. The Kier molecular flexibility index (Phi) is 23.3. The second kappa shape index (κ2) is 26.8. The third-order valence-corrected chi connectivity index (χ3v) is 12.8. The van der Waals surface area contributed by atoms with Gasteiger partial charge in [0.05, 0.1) is 51.8 Å². The van der Waals surface area contributed by atoms with Crippen molar-refractivity contribution in [3.05, 3.63) is 18.4 Å². The molecule has 0 aromatic heterocycles. The third kappa shape index (κ3) is 12.9. The van der Waals surface area contributed by atoms with Crippen LogP contribution in [0.4, 0.5) is 0 Å². The van der Waals surface area contributed by atoms with Crippen molar-refractivity contribution in [3.8, 4) is 0 Å². The molecule has 6 saturated heterocycles. The molecule has 405 valence electrons. The number of hydrogen-bond acceptors (Lipinski definition) is 29. The first-order valence-corrected chi connectivity index (χ1v) is 22.1. The average molecular weight is 1240 g/mol. The van der Waals surface area contributed by atoms with Crippen LogP contribution in [0.3, 0.4) is 0 Å². The van der Waals surface area contributed by atoms with Crippen molar-refractivity contribution >= 4 is 0 Å². The van der Waals surface area contributed by atoms with Gasteiger partial charge in [0.25, 0.3) is 0 Å². The molecule has 0 aromatic rings. The van der Waals surface area contributed by atoms with Gasteiger partial charge in [0, 0.05) is 44.1 Å². The fourth-order valence-electron chi connectivity index (χ4n) is 8.74. The Balaban J connectivity index is 0.00000913. The zero-order chi connectivity index (χ0) is 50.8. The molecule has 0 aromatic carbocycles. The minimum Gasteiger partial charge on any atom is -0.668 e. The standard InChI is InChI=1S/C39H66NO29.Ac/c1-3-4-58-35-26(55)23(52)29(14(8-44)63-35)65-37-27(56)24(53)30(15(9-45)64-37)66-38-28(57)32(20(49)13(7-43)61-38)68-34-16(40)31(19(48)12(6-42)60-34)67-39-33(22(51)18(47)11(5-41)62-39)69-36-25(54)21(50)17(46)10(2)59-36;/h3,10-57H,1,4-9H2,2H3;/q-1;/t10?,11?,12?,13?,14?,15?,16?,17-,18-,19-,20-,21?,22?,23?,24?,25?,26?,27?,28?,29-,30-,31?,32?,33?,34-,35+,36-,37-,38-,39-;/m0./s1. The van der Waals surface area contributed by atoms with E-state index < -0.39 is 217 Å². The molecule has 6 fully saturated rings. The first-order valence-electron chi connectivity index (χ1n) is 22.1. The van der Waals surface area contributed by atoms with E-state index in [9.17, 15) is 86.8 Å². The van der Waals surface area contributed by atoms with Crippen molar-refractivity contribution in [1.29, 1.82) is 0 Å². The molecule has 18 N–H and O–H groups in total. The molecule has 0 bridgehead atoms. The number of rotatable bonds is 18. The summed E-state index contributed by atoms with van der Waals surface area (Å²) in [4.78, 5) is 0. The van der Waals surface area contributed by atoms with Crippen molar-refractivity contribution < 1.29 is 188 Å². The van der Waals surface area contributed by atoms with Crippen LogP contribution in [0.25, 0.3) is 5.73 Å². The molecular weight excluding hydrogens is 1170 g/mol. The monoisotopic (exact) mass is 1240 g/mol. The Labute approximate surface area is 434 Å². The molecule has 6 aliphatic rings. The van der Waals surface area contributed by atoms with E-state index >= 15 is 0 Å². The van der Waals surface area contributed by atoms with Gasteiger partial charge < -0.3 is 149 Å². The van der Waals surface area contributed by atoms with Crippen LogP contribution in [-0.4, -0.2) is 311 Å². The van der Waals surface area contributed by atoms with Gasteiger partial charge in [-0.15, -0.1) is 6.58 Å². The molecule has 0 spiro atoms. The molecule has 30 nitrogen and oxygen atoms in total. The van der Waals surface area contributed by atoms with Crippen molar-refractivity contribution in [3.63, 3.8) is 0 Å². The first-order chi connectivity index (χ1) is 32.8. The molecule has 70 heavy (non-hydrogen) atoms. The molecular formula is C39H66AcNO29-. The largest absolute Gasteiger partial charge is 0.668 e. The zero-order valence-electron chi connectivity index (χ0n) is 37.4. The van der Waals surface area contributed by atoms with Gasteiger partial charge in [-0.05, 0) is 6.92 Å². The number of aliphatic hydroxyl groups excluding tert-OH is 17. The maximum absolute atomic E-state index is 11.6. The van der Waals surface area contributed by atoms with Gasteiger partial charge in [0.1, 0.15) is 134 Å².